The predicted molar refractivity (Wildman–Crippen MR) is 73.2 cm³/mol. The first-order chi connectivity index (χ1) is 8.74. The van der Waals surface area contributed by atoms with Gasteiger partial charge in [0.15, 0.2) is 0 Å². The maximum absolute atomic E-state index is 5.59. The maximum atomic E-state index is 5.59. The van der Waals surface area contributed by atoms with E-state index in [1.807, 2.05) is 24.3 Å². The number of ether oxygens (including phenoxy) is 1. The summed E-state index contributed by atoms with van der Waals surface area (Å²) in [5.74, 6) is 6.42. The molecule has 0 fully saturated rings. The molecule has 0 saturated heterocycles. The van der Waals surface area contributed by atoms with Crippen LogP contribution in [0.4, 0.5) is 0 Å². The third kappa shape index (κ3) is 2.93. The van der Waals surface area contributed by atoms with Gasteiger partial charge in [0, 0.05) is 10.0 Å². The zero-order valence-electron chi connectivity index (χ0n) is 10.0. The Labute approximate surface area is 114 Å². The molecule has 0 saturated carbocycles. The summed E-state index contributed by atoms with van der Waals surface area (Å²) in [6.07, 6.45) is 4.08. The topological polar surface area (TPSA) is 60.4 Å². The SMILES string of the molecule is COc1ccc(Br)c(CC(NN)c2ccoc2)c1. The van der Waals surface area contributed by atoms with Gasteiger partial charge in [-0.1, -0.05) is 15.9 Å². The molecule has 4 nitrogen and oxygen atoms in total. The van der Waals surface area contributed by atoms with Gasteiger partial charge in [-0.05, 0) is 36.2 Å². The standard InChI is InChI=1S/C13H15BrN2O2/c1-17-11-2-3-12(14)10(6-11)7-13(16-15)9-4-5-18-8-9/h2-6,8,13,16H,7,15H2,1H3. The summed E-state index contributed by atoms with van der Waals surface area (Å²) in [6.45, 7) is 0. The quantitative estimate of drug-likeness (QED) is 0.658. The van der Waals surface area contributed by atoms with Crippen molar-refractivity contribution in [2.75, 3.05) is 7.11 Å². The summed E-state index contributed by atoms with van der Waals surface area (Å²) in [5, 5.41) is 0. The summed E-state index contributed by atoms with van der Waals surface area (Å²) in [6, 6.07) is 7.78. The average molecular weight is 311 g/mol. The highest BCUT2D eigenvalue weighted by molar-refractivity contribution is 9.10. The van der Waals surface area contributed by atoms with Gasteiger partial charge in [-0.3, -0.25) is 11.3 Å². The lowest BCUT2D eigenvalue weighted by Gasteiger charge is -2.15. The number of furan rings is 1. The van der Waals surface area contributed by atoms with Gasteiger partial charge < -0.3 is 9.15 Å². The minimum absolute atomic E-state index is 0.00663. The van der Waals surface area contributed by atoms with Crippen molar-refractivity contribution in [2.45, 2.75) is 12.5 Å². The van der Waals surface area contributed by atoms with Crippen LogP contribution < -0.4 is 16.0 Å². The van der Waals surface area contributed by atoms with Crippen LogP contribution in [0.1, 0.15) is 17.2 Å². The van der Waals surface area contributed by atoms with E-state index in [4.69, 9.17) is 15.0 Å². The van der Waals surface area contributed by atoms with E-state index in [1.54, 1.807) is 19.6 Å². The molecule has 1 atom stereocenters. The largest absolute Gasteiger partial charge is 0.497 e. The Bertz CT molecular complexity index is 500. The van der Waals surface area contributed by atoms with Crippen LogP contribution >= 0.6 is 15.9 Å². The van der Waals surface area contributed by atoms with E-state index in [9.17, 15) is 0 Å². The van der Waals surface area contributed by atoms with E-state index < -0.39 is 0 Å². The van der Waals surface area contributed by atoms with E-state index in [1.165, 1.54) is 0 Å². The fourth-order valence-corrected chi connectivity index (χ4v) is 2.21. The normalized spacial score (nSPS) is 12.4. The summed E-state index contributed by atoms with van der Waals surface area (Å²) in [4.78, 5) is 0. The lowest BCUT2D eigenvalue weighted by molar-refractivity contribution is 0.413. The Hall–Kier alpha value is -1.30. The third-order valence-corrected chi connectivity index (χ3v) is 3.60. The van der Waals surface area contributed by atoms with Gasteiger partial charge in [-0.25, -0.2) is 0 Å². The van der Waals surface area contributed by atoms with Gasteiger partial charge in [0.25, 0.3) is 0 Å². The van der Waals surface area contributed by atoms with Gasteiger partial charge >= 0.3 is 0 Å². The highest BCUT2D eigenvalue weighted by Crippen LogP contribution is 2.27. The van der Waals surface area contributed by atoms with Crippen LogP contribution in [0.2, 0.25) is 0 Å². The van der Waals surface area contributed by atoms with Crippen LogP contribution in [-0.2, 0) is 6.42 Å². The van der Waals surface area contributed by atoms with Gasteiger partial charge in [-0.2, -0.15) is 0 Å². The minimum atomic E-state index is 0.00663. The number of hydrazine groups is 1. The van der Waals surface area contributed by atoms with E-state index >= 15 is 0 Å². The molecule has 0 spiro atoms. The molecular formula is C13H15BrN2O2. The van der Waals surface area contributed by atoms with Crippen LogP contribution in [0.25, 0.3) is 0 Å². The van der Waals surface area contributed by atoms with Crippen LogP contribution in [0.15, 0.2) is 45.7 Å². The first-order valence-corrected chi connectivity index (χ1v) is 6.34. The Morgan fingerprint density at radius 1 is 1.44 bits per heavy atom. The zero-order valence-corrected chi connectivity index (χ0v) is 11.6. The van der Waals surface area contributed by atoms with Crippen molar-refractivity contribution >= 4 is 15.9 Å². The summed E-state index contributed by atoms with van der Waals surface area (Å²) in [7, 11) is 1.65. The fourth-order valence-electron chi connectivity index (χ4n) is 1.80. The average Bonchev–Trinajstić information content (AvgIpc) is 2.91. The highest BCUT2D eigenvalue weighted by Gasteiger charge is 2.14. The number of hydrogen-bond acceptors (Lipinski definition) is 4. The third-order valence-electron chi connectivity index (χ3n) is 2.82. The van der Waals surface area contributed by atoms with Gasteiger partial charge in [0.05, 0.1) is 25.7 Å². The number of nitrogens with one attached hydrogen (secondary N) is 1. The molecule has 0 aliphatic carbocycles. The van der Waals surface area contributed by atoms with Crippen molar-refractivity contribution in [3.8, 4) is 5.75 Å². The molecule has 0 aliphatic heterocycles. The van der Waals surface area contributed by atoms with E-state index in [-0.39, 0.29) is 6.04 Å². The van der Waals surface area contributed by atoms with Crippen LogP contribution in [0.3, 0.4) is 0 Å². The Kier molecular flexibility index (Phi) is 4.41. The summed E-state index contributed by atoms with van der Waals surface area (Å²) in [5.41, 5.74) is 4.94. The maximum Gasteiger partial charge on any atom is 0.119 e. The molecule has 1 aromatic carbocycles. The van der Waals surface area contributed by atoms with Crippen molar-refractivity contribution in [2.24, 2.45) is 5.84 Å². The zero-order chi connectivity index (χ0) is 13.0. The number of nitrogens with two attached hydrogens (primary N) is 1. The van der Waals surface area contributed by atoms with Crippen molar-refractivity contribution < 1.29 is 9.15 Å². The van der Waals surface area contributed by atoms with Crippen molar-refractivity contribution in [1.29, 1.82) is 0 Å². The molecule has 0 aliphatic rings. The van der Waals surface area contributed by atoms with Gasteiger partial charge in [0.1, 0.15) is 5.75 Å². The monoisotopic (exact) mass is 310 g/mol. The Balaban J connectivity index is 2.21. The van der Waals surface area contributed by atoms with Gasteiger partial charge in [0.2, 0.25) is 0 Å². The minimum Gasteiger partial charge on any atom is -0.497 e. The number of methoxy groups -OCH3 is 1. The number of hydrogen-bond donors (Lipinski definition) is 2. The van der Waals surface area contributed by atoms with Crippen molar-refractivity contribution in [1.82, 2.24) is 5.43 Å². The van der Waals surface area contributed by atoms with Crippen molar-refractivity contribution in [3.63, 3.8) is 0 Å². The van der Waals surface area contributed by atoms with Crippen LogP contribution in [0, 0.1) is 0 Å². The van der Waals surface area contributed by atoms with E-state index in [0.717, 1.165) is 27.8 Å². The first-order valence-electron chi connectivity index (χ1n) is 5.55. The van der Waals surface area contributed by atoms with Crippen molar-refractivity contribution in [3.05, 3.63) is 52.4 Å². The predicted octanol–water partition coefficient (Wildman–Crippen LogP) is 2.80. The molecule has 0 bridgehead atoms. The molecule has 5 heteroatoms. The molecular weight excluding hydrogens is 296 g/mol. The second-order valence-corrected chi connectivity index (χ2v) is 4.79. The highest BCUT2D eigenvalue weighted by atomic mass is 79.9. The number of benzene rings is 1. The lowest BCUT2D eigenvalue weighted by atomic mass is 10.0. The summed E-state index contributed by atoms with van der Waals surface area (Å²) >= 11 is 3.53. The molecule has 18 heavy (non-hydrogen) atoms. The first kappa shape index (κ1) is 13.1. The molecule has 1 aromatic heterocycles. The summed E-state index contributed by atoms with van der Waals surface area (Å²) < 4.78 is 11.3. The molecule has 0 amide bonds. The van der Waals surface area contributed by atoms with Crippen LogP contribution in [0.5, 0.6) is 5.75 Å². The number of rotatable bonds is 5. The Morgan fingerprint density at radius 2 is 2.28 bits per heavy atom. The van der Waals surface area contributed by atoms with Gasteiger partial charge in [-0.15, -0.1) is 0 Å². The van der Waals surface area contributed by atoms with E-state index in [2.05, 4.69) is 21.4 Å². The second-order valence-electron chi connectivity index (χ2n) is 3.94. The van der Waals surface area contributed by atoms with E-state index in [0.29, 0.717) is 0 Å². The second kappa shape index (κ2) is 6.04. The molecule has 0 radical (unpaired) electrons. The van der Waals surface area contributed by atoms with Crippen LogP contribution in [-0.4, -0.2) is 7.11 Å². The molecule has 2 rings (SSSR count). The molecule has 1 heterocycles. The molecule has 3 N–H and O–H groups in total. The molecule has 96 valence electrons. The fraction of sp³-hybridized carbons (Fsp3) is 0.231. The molecule has 2 aromatic rings. The number of halogens is 1. The Morgan fingerprint density at radius 3 is 2.89 bits per heavy atom. The molecule has 1 unspecified atom stereocenters. The lowest BCUT2D eigenvalue weighted by Crippen LogP contribution is -2.29. The smallest absolute Gasteiger partial charge is 0.119 e.